The topological polar surface area (TPSA) is 57.5 Å². The molecule has 1 aliphatic heterocycles. The van der Waals surface area contributed by atoms with E-state index in [0.29, 0.717) is 0 Å². The zero-order valence-electron chi connectivity index (χ0n) is 17.7. The molecule has 6 nitrogen and oxygen atoms in total. The highest BCUT2D eigenvalue weighted by molar-refractivity contribution is 5.80. The molecular formula is C22H32N6. The predicted octanol–water partition coefficient (Wildman–Crippen LogP) is 2.71. The van der Waals surface area contributed by atoms with Crippen LogP contribution in [0.25, 0.3) is 0 Å². The second-order valence-electron chi connectivity index (χ2n) is 7.49. The van der Waals surface area contributed by atoms with Gasteiger partial charge in [-0.05, 0) is 50.5 Å². The third kappa shape index (κ3) is 4.74. The summed E-state index contributed by atoms with van der Waals surface area (Å²) in [4.78, 5) is 6.72. The second-order valence-corrected chi connectivity index (χ2v) is 7.49. The Balaban J connectivity index is 1.51. The fourth-order valence-electron chi connectivity index (χ4n) is 3.60. The van der Waals surface area contributed by atoms with Gasteiger partial charge in [0, 0.05) is 51.2 Å². The van der Waals surface area contributed by atoms with E-state index in [2.05, 4.69) is 82.8 Å². The Morgan fingerprint density at radius 2 is 1.86 bits per heavy atom. The number of guanidine groups is 1. The van der Waals surface area contributed by atoms with Crippen LogP contribution >= 0.6 is 0 Å². The Bertz CT molecular complexity index is 839. The van der Waals surface area contributed by atoms with Crippen molar-refractivity contribution in [3.8, 4) is 0 Å². The van der Waals surface area contributed by atoms with E-state index in [-0.39, 0.29) is 6.04 Å². The Labute approximate surface area is 168 Å². The van der Waals surface area contributed by atoms with Crippen molar-refractivity contribution < 1.29 is 0 Å². The molecule has 0 saturated heterocycles. The maximum absolute atomic E-state index is 4.51. The standard InChI is InChI=1S/C22H32N6/c1-16(14-21-17(2)26-27(5)18(21)3)25-22(23-4)24-15-19-8-10-20(11-9-19)28-12-6-7-13-28/h6-11,16H,12-15H2,1-5H3,(H2,23,24,25). The number of hydrogen-bond acceptors (Lipinski definition) is 3. The van der Waals surface area contributed by atoms with Crippen molar-refractivity contribution in [1.82, 2.24) is 20.4 Å². The first-order chi connectivity index (χ1) is 13.5. The lowest BCUT2D eigenvalue weighted by atomic mass is 10.1. The Morgan fingerprint density at radius 1 is 1.18 bits per heavy atom. The van der Waals surface area contributed by atoms with Crippen LogP contribution in [0, 0.1) is 13.8 Å². The largest absolute Gasteiger partial charge is 0.364 e. The first-order valence-electron chi connectivity index (χ1n) is 9.93. The highest BCUT2D eigenvalue weighted by Crippen LogP contribution is 2.17. The molecular weight excluding hydrogens is 348 g/mol. The zero-order chi connectivity index (χ0) is 20.1. The molecule has 28 heavy (non-hydrogen) atoms. The lowest BCUT2D eigenvalue weighted by Gasteiger charge is -2.19. The summed E-state index contributed by atoms with van der Waals surface area (Å²) in [5.41, 5.74) is 6.15. The molecule has 1 aromatic carbocycles. The lowest BCUT2D eigenvalue weighted by Crippen LogP contribution is -2.42. The number of hydrogen-bond donors (Lipinski definition) is 2. The molecule has 0 saturated carbocycles. The second kappa shape index (κ2) is 8.95. The molecule has 6 heteroatoms. The smallest absolute Gasteiger partial charge is 0.191 e. The van der Waals surface area contributed by atoms with E-state index >= 15 is 0 Å². The Hall–Kier alpha value is -2.76. The van der Waals surface area contributed by atoms with Crippen molar-refractivity contribution >= 4 is 11.6 Å². The van der Waals surface area contributed by atoms with Gasteiger partial charge in [0.25, 0.3) is 0 Å². The van der Waals surface area contributed by atoms with Crippen LogP contribution in [0.1, 0.15) is 29.4 Å². The summed E-state index contributed by atoms with van der Waals surface area (Å²) in [5, 5.41) is 11.4. The van der Waals surface area contributed by atoms with Crippen LogP contribution in [0.2, 0.25) is 0 Å². The summed E-state index contributed by atoms with van der Waals surface area (Å²) in [7, 11) is 3.81. The van der Waals surface area contributed by atoms with E-state index in [4.69, 9.17) is 0 Å². The van der Waals surface area contributed by atoms with Gasteiger partial charge in [-0.15, -0.1) is 0 Å². The monoisotopic (exact) mass is 380 g/mol. The number of anilines is 1. The number of nitrogens with zero attached hydrogens (tertiary/aromatic N) is 4. The fourth-order valence-corrected chi connectivity index (χ4v) is 3.60. The third-order valence-electron chi connectivity index (χ3n) is 5.36. The Kier molecular flexibility index (Phi) is 6.39. The molecule has 0 fully saturated rings. The predicted molar refractivity (Wildman–Crippen MR) is 117 cm³/mol. The number of rotatable bonds is 6. The van der Waals surface area contributed by atoms with Crippen LogP contribution in [0.15, 0.2) is 41.4 Å². The van der Waals surface area contributed by atoms with E-state index in [9.17, 15) is 0 Å². The van der Waals surface area contributed by atoms with Gasteiger partial charge in [-0.3, -0.25) is 9.67 Å². The molecule has 1 atom stereocenters. The molecule has 0 radical (unpaired) electrons. The van der Waals surface area contributed by atoms with Crippen molar-refractivity contribution in [2.75, 3.05) is 25.0 Å². The average molecular weight is 381 g/mol. The quantitative estimate of drug-likeness (QED) is 0.460. The first-order valence-corrected chi connectivity index (χ1v) is 9.93. The maximum atomic E-state index is 4.51. The summed E-state index contributed by atoms with van der Waals surface area (Å²) in [6.45, 7) is 9.12. The minimum atomic E-state index is 0.262. The number of aliphatic imine (C=N–C) groups is 1. The minimum Gasteiger partial charge on any atom is -0.364 e. The lowest BCUT2D eigenvalue weighted by molar-refractivity contribution is 0.635. The molecule has 2 N–H and O–H groups in total. The number of aryl methyl sites for hydroxylation is 2. The molecule has 1 aliphatic rings. The molecule has 150 valence electrons. The molecule has 1 aromatic heterocycles. The SMILES string of the molecule is CN=C(NCc1ccc(N2CC=CC2)cc1)NC(C)Cc1c(C)nn(C)c1C. The van der Waals surface area contributed by atoms with E-state index < -0.39 is 0 Å². The number of aromatic nitrogens is 2. The van der Waals surface area contributed by atoms with Gasteiger partial charge in [0.05, 0.1) is 5.69 Å². The molecule has 2 heterocycles. The van der Waals surface area contributed by atoms with Gasteiger partial charge < -0.3 is 15.5 Å². The van der Waals surface area contributed by atoms with Crippen LogP contribution < -0.4 is 15.5 Å². The van der Waals surface area contributed by atoms with Gasteiger partial charge in [-0.1, -0.05) is 24.3 Å². The van der Waals surface area contributed by atoms with Crippen molar-refractivity contribution in [2.45, 2.75) is 39.8 Å². The highest BCUT2D eigenvalue weighted by atomic mass is 15.3. The van der Waals surface area contributed by atoms with E-state index in [1.54, 1.807) is 0 Å². The summed E-state index contributed by atoms with van der Waals surface area (Å²) in [6, 6.07) is 9.00. The molecule has 1 unspecified atom stereocenters. The normalized spacial score (nSPS) is 15.2. The van der Waals surface area contributed by atoms with Crippen LogP contribution in [-0.4, -0.2) is 41.9 Å². The molecule has 0 aliphatic carbocycles. The van der Waals surface area contributed by atoms with Gasteiger partial charge >= 0.3 is 0 Å². The third-order valence-corrected chi connectivity index (χ3v) is 5.36. The summed E-state index contributed by atoms with van der Waals surface area (Å²) < 4.78 is 1.95. The molecule has 0 bridgehead atoms. The summed E-state index contributed by atoms with van der Waals surface area (Å²) in [6.07, 6.45) is 5.34. The fraction of sp³-hybridized carbons (Fsp3) is 0.455. The van der Waals surface area contributed by atoms with E-state index in [0.717, 1.165) is 37.7 Å². The maximum Gasteiger partial charge on any atom is 0.191 e. The molecule has 3 rings (SSSR count). The van der Waals surface area contributed by atoms with E-state index in [1.165, 1.54) is 22.5 Å². The molecule has 0 spiro atoms. The van der Waals surface area contributed by atoms with Gasteiger partial charge in [0.1, 0.15) is 0 Å². The van der Waals surface area contributed by atoms with E-state index in [1.807, 2.05) is 18.8 Å². The highest BCUT2D eigenvalue weighted by Gasteiger charge is 2.14. The average Bonchev–Trinajstić information content (AvgIpc) is 3.30. The minimum absolute atomic E-state index is 0.262. The van der Waals surface area contributed by atoms with Crippen LogP contribution in [0.5, 0.6) is 0 Å². The van der Waals surface area contributed by atoms with Gasteiger partial charge in [-0.25, -0.2) is 0 Å². The van der Waals surface area contributed by atoms with Gasteiger partial charge in [0.15, 0.2) is 5.96 Å². The van der Waals surface area contributed by atoms with Gasteiger partial charge in [0.2, 0.25) is 0 Å². The van der Waals surface area contributed by atoms with Crippen LogP contribution in [0.3, 0.4) is 0 Å². The van der Waals surface area contributed by atoms with Crippen molar-refractivity contribution in [3.05, 3.63) is 58.9 Å². The van der Waals surface area contributed by atoms with Crippen molar-refractivity contribution in [1.29, 1.82) is 0 Å². The van der Waals surface area contributed by atoms with Crippen LogP contribution in [-0.2, 0) is 20.0 Å². The van der Waals surface area contributed by atoms with Gasteiger partial charge in [-0.2, -0.15) is 5.10 Å². The molecule has 0 amide bonds. The number of nitrogens with one attached hydrogen (secondary N) is 2. The Morgan fingerprint density at radius 3 is 2.43 bits per heavy atom. The zero-order valence-corrected chi connectivity index (χ0v) is 17.7. The summed E-state index contributed by atoms with van der Waals surface area (Å²) in [5.74, 6) is 0.819. The molecule has 2 aromatic rings. The van der Waals surface area contributed by atoms with Crippen molar-refractivity contribution in [2.24, 2.45) is 12.0 Å². The first kappa shape index (κ1) is 20.0. The summed E-state index contributed by atoms with van der Waals surface area (Å²) >= 11 is 0. The van der Waals surface area contributed by atoms with Crippen molar-refractivity contribution in [3.63, 3.8) is 0 Å². The van der Waals surface area contributed by atoms with Crippen LogP contribution in [0.4, 0.5) is 5.69 Å². The number of benzene rings is 1.